The van der Waals surface area contributed by atoms with Crippen molar-refractivity contribution in [1.29, 1.82) is 0 Å². The molecule has 3 aromatic rings. The summed E-state index contributed by atoms with van der Waals surface area (Å²) in [4.78, 5) is 21.6. The number of anilines is 1. The summed E-state index contributed by atoms with van der Waals surface area (Å²) in [6.45, 7) is 4.76. The van der Waals surface area contributed by atoms with Crippen molar-refractivity contribution >= 4 is 22.4 Å². The molecule has 1 fully saturated rings. The quantitative estimate of drug-likeness (QED) is 0.535. The van der Waals surface area contributed by atoms with Crippen LogP contribution in [0.15, 0.2) is 52.5 Å². The molecule has 3 heterocycles. The molecule has 0 saturated carbocycles. The molecule has 160 valence electrons. The molecule has 6 nitrogen and oxygen atoms in total. The highest BCUT2D eigenvalue weighted by molar-refractivity contribution is 7.14. The molecule has 1 amide bonds. The summed E-state index contributed by atoms with van der Waals surface area (Å²) >= 11 is 1.39. The number of carbonyl (C=O) groups excluding carboxylic acids is 1. The second-order valence-electron chi connectivity index (χ2n) is 6.76. The Balaban J connectivity index is 0.00000256. The SMILES string of the molecule is O=C(c1ccco1)N(CCCN1CCOCC1)c1nc(-c2ccc(F)cc2)cs1.[Cl-]. The van der Waals surface area contributed by atoms with Gasteiger partial charge in [0.05, 0.1) is 25.2 Å². The minimum Gasteiger partial charge on any atom is -1.00 e. The summed E-state index contributed by atoms with van der Waals surface area (Å²) in [5.41, 5.74) is 1.53. The molecule has 1 aromatic carbocycles. The van der Waals surface area contributed by atoms with Gasteiger partial charge in [0.1, 0.15) is 5.82 Å². The number of rotatable bonds is 7. The third-order valence-corrected chi connectivity index (χ3v) is 5.66. The second-order valence-corrected chi connectivity index (χ2v) is 7.60. The van der Waals surface area contributed by atoms with Gasteiger partial charge in [0.15, 0.2) is 10.9 Å². The minimum absolute atomic E-state index is 0. The van der Waals surface area contributed by atoms with E-state index in [-0.39, 0.29) is 29.9 Å². The van der Waals surface area contributed by atoms with E-state index >= 15 is 0 Å². The van der Waals surface area contributed by atoms with Crippen molar-refractivity contribution in [1.82, 2.24) is 9.88 Å². The minimum atomic E-state index is -0.290. The summed E-state index contributed by atoms with van der Waals surface area (Å²) in [6.07, 6.45) is 2.31. The molecule has 4 rings (SSSR count). The lowest BCUT2D eigenvalue weighted by atomic mass is 10.2. The number of amides is 1. The van der Waals surface area contributed by atoms with Gasteiger partial charge in [-0.1, -0.05) is 0 Å². The van der Waals surface area contributed by atoms with Crippen LogP contribution in [-0.2, 0) is 4.74 Å². The number of nitrogens with zero attached hydrogens (tertiary/aromatic N) is 3. The highest BCUT2D eigenvalue weighted by atomic mass is 35.5. The van der Waals surface area contributed by atoms with Crippen LogP contribution in [0.2, 0.25) is 0 Å². The van der Waals surface area contributed by atoms with Crippen LogP contribution >= 0.6 is 11.3 Å². The van der Waals surface area contributed by atoms with Gasteiger partial charge in [0, 0.05) is 37.1 Å². The van der Waals surface area contributed by atoms with Crippen molar-refractivity contribution in [3.63, 3.8) is 0 Å². The molecule has 30 heavy (non-hydrogen) atoms. The van der Waals surface area contributed by atoms with Crippen LogP contribution < -0.4 is 17.3 Å². The highest BCUT2D eigenvalue weighted by Crippen LogP contribution is 2.29. The number of morpholine rings is 1. The van der Waals surface area contributed by atoms with Crippen molar-refractivity contribution in [2.45, 2.75) is 6.42 Å². The fourth-order valence-corrected chi connectivity index (χ4v) is 4.09. The topological polar surface area (TPSA) is 58.8 Å². The van der Waals surface area contributed by atoms with Crippen LogP contribution in [0.1, 0.15) is 17.0 Å². The Labute approximate surface area is 184 Å². The Morgan fingerprint density at radius 1 is 1.20 bits per heavy atom. The van der Waals surface area contributed by atoms with E-state index in [0.717, 1.165) is 50.5 Å². The lowest BCUT2D eigenvalue weighted by molar-refractivity contribution is -0.0000154. The van der Waals surface area contributed by atoms with Crippen molar-refractivity contribution < 1.29 is 30.7 Å². The Kier molecular flexibility index (Phi) is 7.98. The van der Waals surface area contributed by atoms with Crippen molar-refractivity contribution in [3.8, 4) is 11.3 Å². The lowest BCUT2D eigenvalue weighted by Gasteiger charge is -2.27. The maximum Gasteiger partial charge on any atom is 0.295 e. The van der Waals surface area contributed by atoms with Crippen LogP contribution in [0.4, 0.5) is 9.52 Å². The van der Waals surface area contributed by atoms with Crippen molar-refractivity contribution in [2.24, 2.45) is 0 Å². The zero-order valence-electron chi connectivity index (χ0n) is 16.3. The summed E-state index contributed by atoms with van der Waals surface area (Å²) in [7, 11) is 0. The van der Waals surface area contributed by atoms with E-state index in [1.165, 1.54) is 29.7 Å². The van der Waals surface area contributed by atoms with E-state index in [1.807, 2.05) is 5.38 Å². The average molecular weight is 451 g/mol. The van der Waals surface area contributed by atoms with Crippen LogP contribution in [0.3, 0.4) is 0 Å². The molecule has 1 saturated heterocycles. The Bertz CT molecular complexity index is 927. The fourth-order valence-electron chi connectivity index (χ4n) is 3.24. The van der Waals surface area contributed by atoms with Crippen LogP contribution in [0.5, 0.6) is 0 Å². The zero-order valence-corrected chi connectivity index (χ0v) is 17.9. The van der Waals surface area contributed by atoms with E-state index < -0.39 is 0 Å². The number of ether oxygens (including phenoxy) is 1. The Hall–Kier alpha value is -2.26. The summed E-state index contributed by atoms with van der Waals surface area (Å²) in [5, 5.41) is 2.49. The van der Waals surface area contributed by atoms with Gasteiger partial charge in [-0.05, 0) is 42.8 Å². The average Bonchev–Trinajstić information content (AvgIpc) is 3.45. The molecule has 0 aliphatic carbocycles. The monoisotopic (exact) mass is 450 g/mol. The van der Waals surface area contributed by atoms with E-state index in [4.69, 9.17) is 9.15 Å². The predicted octanol–water partition coefficient (Wildman–Crippen LogP) is 0.915. The largest absolute Gasteiger partial charge is 1.00 e. The van der Waals surface area contributed by atoms with Crippen molar-refractivity contribution in [2.75, 3.05) is 44.3 Å². The first kappa shape index (κ1) is 22.4. The molecule has 0 radical (unpaired) electrons. The number of hydrogen-bond donors (Lipinski definition) is 0. The molecule has 1 aliphatic rings. The van der Waals surface area contributed by atoms with Gasteiger partial charge in [-0.25, -0.2) is 9.37 Å². The maximum atomic E-state index is 13.2. The Morgan fingerprint density at radius 3 is 2.67 bits per heavy atom. The van der Waals surface area contributed by atoms with Crippen molar-refractivity contribution in [3.05, 3.63) is 59.6 Å². The van der Waals surface area contributed by atoms with E-state index in [0.29, 0.717) is 11.7 Å². The first-order chi connectivity index (χ1) is 14.2. The predicted molar refractivity (Wildman–Crippen MR) is 110 cm³/mol. The normalized spacial score (nSPS) is 14.3. The molecule has 0 atom stereocenters. The number of halogens is 2. The van der Waals surface area contributed by atoms with Gasteiger partial charge >= 0.3 is 0 Å². The molecular weight excluding hydrogens is 429 g/mol. The van der Waals surface area contributed by atoms with E-state index in [9.17, 15) is 9.18 Å². The first-order valence-corrected chi connectivity index (χ1v) is 10.5. The number of hydrogen-bond acceptors (Lipinski definition) is 6. The number of aromatic nitrogens is 1. The molecule has 0 bridgehead atoms. The molecule has 2 aromatic heterocycles. The smallest absolute Gasteiger partial charge is 0.295 e. The van der Waals surface area contributed by atoms with E-state index in [2.05, 4.69) is 9.88 Å². The first-order valence-electron chi connectivity index (χ1n) is 9.57. The van der Waals surface area contributed by atoms with Crippen LogP contribution in [-0.4, -0.2) is 55.2 Å². The summed E-state index contributed by atoms with van der Waals surface area (Å²) in [5.74, 6) is -0.214. The molecule has 9 heteroatoms. The molecule has 1 aliphatic heterocycles. The number of benzene rings is 1. The molecular formula is C21H22ClFN3O3S-. The molecule has 0 N–H and O–H groups in total. The maximum absolute atomic E-state index is 13.2. The number of thiazole rings is 1. The van der Waals surface area contributed by atoms with E-state index in [1.54, 1.807) is 29.2 Å². The van der Waals surface area contributed by atoms with Crippen LogP contribution in [0.25, 0.3) is 11.3 Å². The van der Waals surface area contributed by atoms with Crippen LogP contribution in [0, 0.1) is 5.82 Å². The summed E-state index contributed by atoms with van der Waals surface area (Å²) in [6, 6.07) is 9.54. The number of carbonyl (C=O) groups is 1. The third-order valence-electron chi connectivity index (χ3n) is 4.80. The molecule has 0 unspecified atom stereocenters. The third kappa shape index (κ3) is 5.46. The van der Waals surface area contributed by atoms with Gasteiger partial charge in [-0.15, -0.1) is 11.3 Å². The van der Waals surface area contributed by atoms with Gasteiger partial charge in [-0.3, -0.25) is 14.6 Å². The summed E-state index contributed by atoms with van der Waals surface area (Å²) < 4.78 is 23.9. The lowest BCUT2D eigenvalue weighted by Crippen LogP contribution is -3.00. The van der Waals surface area contributed by atoms with Gasteiger partial charge in [0.2, 0.25) is 0 Å². The standard InChI is InChI=1S/C21H22FN3O3S.ClH/c22-17-6-4-16(5-7-17)18-15-29-21(23-18)25(20(26)19-3-1-12-28-19)9-2-8-24-10-13-27-14-11-24;/h1,3-7,12,15H,2,8-11,13-14H2;1H/p-1. The highest BCUT2D eigenvalue weighted by Gasteiger charge is 2.23. The Morgan fingerprint density at radius 2 is 1.97 bits per heavy atom. The fraction of sp³-hybridized carbons (Fsp3) is 0.333. The van der Waals surface area contributed by atoms with Gasteiger partial charge in [-0.2, -0.15) is 0 Å². The second kappa shape index (κ2) is 10.7. The number of furan rings is 1. The van der Waals surface area contributed by atoms with Gasteiger partial charge < -0.3 is 21.6 Å². The molecule has 0 spiro atoms. The zero-order chi connectivity index (χ0) is 20.1. The van der Waals surface area contributed by atoms with Gasteiger partial charge in [0.25, 0.3) is 5.91 Å².